The normalized spacial score (nSPS) is 11.5. The third-order valence-electron chi connectivity index (χ3n) is 2.71. The molecule has 0 saturated carbocycles. The molecule has 0 bridgehead atoms. The van der Waals surface area contributed by atoms with Gasteiger partial charge in [0.2, 0.25) is 0 Å². The maximum Gasteiger partial charge on any atom is 0.268 e. The van der Waals surface area contributed by atoms with E-state index in [0.717, 1.165) is 9.54 Å². The van der Waals surface area contributed by atoms with Gasteiger partial charge in [-0.05, 0) is 44.5 Å². The van der Waals surface area contributed by atoms with Crippen LogP contribution >= 0.6 is 0 Å². The summed E-state index contributed by atoms with van der Waals surface area (Å²) in [5.41, 5.74) is 1.45. The highest BCUT2D eigenvalue weighted by Gasteiger charge is 2.18. The fourth-order valence-corrected chi connectivity index (χ4v) is 3.02. The Morgan fingerprint density at radius 3 is 2.58 bits per heavy atom. The molecule has 0 amide bonds. The highest BCUT2D eigenvalue weighted by molar-refractivity contribution is 7.90. The molecule has 0 aliphatic rings. The lowest BCUT2D eigenvalue weighted by Crippen LogP contribution is -2.11. The first-order valence-corrected chi connectivity index (χ1v) is 7.38. The van der Waals surface area contributed by atoms with Crippen molar-refractivity contribution in [1.29, 1.82) is 0 Å². The Labute approximate surface area is 112 Å². The molecule has 0 radical (unpaired) electrons. The van der Waals surface area contributed by atoms with E-state index in [1.54, 1.807) is 25.1 Å². The van der Waals surface area contributed by atoms with Gasteiger partial charge in [-0.2, -0.15) is 0 Å². The highest BCUT2D eigenvalue weighted by atomic mass is 32.2. The molecule has 0 aliphatic heterocycles. The van der Waals surface area contributed by atoms with Gasteiger partial charge in [0.15, 0.2) is 0 Å². The van der Waals surface area contributed by atoms with Crippen LogP contribution in [-0.2, 0) is 10.0 Å². The van der Waals surface area contributed by atoms with Gasteiger partial charge in [-0.15, -0.1) is 0 Å². The molecule has 0 saturated heterocycles. The van der Waals surface area contributed by atoms with Gasteiger partial charge in [0.05, 0.1) is 17.2 Å². The fourth-order valence-electron chi connectivity index (χ4n) is 1.75. The number of ether oxygens (including phenoxy) is 1. The fraction of sp³-hybridized carbons (Fsp3) is 0.308. The van der Waals surface area contributed by atoms with Crippen LogP contribution < -0.4 is 4.74 Å². The van der Waals surface area contributed by atoms with E-state index in [-0.39, 0.29) is 4.90 Å². The molecule has 19 heavy (non-hydrogen) atoms. The van der Waals surface area contributed by atoms with Crippen LogP contribution in [0.4, 0.5) is 0 Å². The first kappa shape index (κ1) is 13.6. The van der Waals surface area contributed by atoms with Crippen molar-refractivity contribution in [1.82, 2.24) is 8.96 Å². The molecule has 2 rings (SSSR count). The molecular formula is C13H16N2O3S. The van der Waals surface area contributed by atoms with Crippen LogP contribution in [-0.4, -0.2) is 24.0 Å². The Balaban J connectivity index is 2.44. The molecule has 1 aromatic carbocycles. The maximum atomic E-state index is 12.4. The molecule has 1 aromatic heterocycles. The average Bonchev–Trinajstić information content (AvgIpc) is 2.79. The van der Waals surface area contributed by atoms with E-state index in [1.807, 2.05) is 13.8 Å². The summed E-state index contributed by atoms with van der Waals surface area (Å²) >= 11 is 0. The molecule has 0 fully saturated rings. The van der Waals surface area contributed by atoms with Crippen molar-refractivity contribution in [3.8, 4) is 5.75 Å². The Hall–Kier alpha value is -1.82. The van der Waals surface area contributed by atoms with E-state index >= 15 is 0 Å². The van der Waals surface area contributed by atoms with Gasteiger partial charge in [-0.25, -0.2) is 17.4 Å². The summed E-state index contributed by atoms with van der Waals surface area (Å²) in [6, 6.07) is 4.83. The van der Waals surface area contributed by atoms with E-state index in [1.165, 1.54) is 12.5 Å². The zero-order chi connectivity index (χ0) is 14.0. The second kappa shape index (κ2) is 5.05. The van der Waals surface area contributed by atoms with E-state index in [0.29, 0.717) is 18.1 Å². The topological polar surface area (TPSA) is 61.2 Å². The van der Waals surface area contributed by atoms with Gasteiger partial charge in [0.25, 0.3) is 10.0 Å². The quantitative estimate of drug-likeness (QED) is 0.861. The third-order valence-corrected chi connectivity index (χ3v) is 4.32. The molecule has 5 nitrogen and oxygen atoms in total. The van der Waals surface area contributed by atoms with Crippen LogP contribution in [0.1, 0.15) is 18.2 Å². The summed E-state index contributed by atoms with van der Waals surface area (Å²) in [6.45, 7) is 6.00. The van der Waals surface area contributed by atoms with Gasteiger partial charge in [-0.1, -0.05) is 0 Å². The average molecular weight is 280 g/mol. The van der Waals surface area contributed by atoms with Gasteiger partial charge < -0.3 is 4.74 Å². The standard InChI is InChI=1S/C13H16N2O3S/c1-4-18-13-6-5-12(7-10(13)2)19(16,17)15-8-11(3)14-9-15/h5-9H,4H2,1-3H3. The minimum absolute atomic E-state index is 0.228. The van der Waals surface area contributed by atoms with Crippen LogP contribution in [0.25, 0.3) is 0 Å². The number of rotatable bonds is 4. The lowest BCUT2D eigenvalue weighted by Gasteiger charge is -2.10. The Morgan fingerprint density at radius 1 is 1.32 bits per heavy atom. The Kier molecular flexibility index (Phi) is 3.61. The number of imidazole rings is 1. The SMILES string of the molecule is CCOc1ccc(S(=O)(=O)n2cnc(C)c2)cc1C. The molecule has 1 heterocycles. The van der Waals surface area contributed by atoms with E-state index in [2.05, 4.69) is 4.98 Å². The Morgan fingerprint density at radius 2 is 2.05 bits per heavy atom. The van der Waals surface area contributed by atoms with Crippen LogP contribution in [0.5, 0.6) is 5.75 Å². The summed E-state index contributed by atoms with van der Waals surface area (Å²) in [6.07, 6.45) is 2.79. The van der Waals surface area contributed by atoms with Gasteiger partial charge >= 0.3 is 0 Å². The molecule has 2 aromatic rings. The molecular weight excluding hydrogens is 264 g/mol. The third kappa shape index (κ3) is 2.63. The van der Waals surface area contributed by atoms with Crippen molar-refractivity contribution in [3.05, 3.63) is 42.0 Å². The van der Waals surface area contributed by atoms with Crippen molar-refractivity contribution in [3.63, 3.8) is 0 Å². The highest BCUT2D eigenvalue weighted by Crippen LogP contribution is 2.23. The molecule has 0 aliphatic carbocycles. The second-order valence-corrected chi connectivity index (χ2v) is 6.05. The zero-order valence-corrected chi connectivity index (χ0v) is 11.9. The minimum Gasteiger partial charge on any atom is -0.494 e. The van der Waals surface area contributed by atoms with Crippen LogP contribution in [0.3, 0.4) is 0 Å². The Bertz CT molecular complexity index is 690. The van der Waals surface area contributed by atoms with Crippen molar-refractivity contribution in [2.75, 3.05) is 6.61 Å². The van der Waals surface area contributed by atoms with E-state index in [4.69, 9.17) is 4.74 Å². The number of aryl methyl sites for hydroxylation is 2. The van der Waals surface area contributed by atoms with Crippen molar-refractivity contribution in [2.24, 2.45) is 0 Å². The van der Waals surface area contributed by atoms with Crippen molar-refractivity contribution >= 4 is 10.0 Å². The van der Waals surface area contributed by atoms with Gasteiger partial charge in [0, 0.05) is 6.20 Å². The minimum atomic E-state index is -3.57. The van der Waals surface area contributed by atoms with Crippen LogP contribution in [0.15, 0.2) is 35.6 Å². The number of nitrogens with zero attached hydrogens (tertiary/aromatic N) is 2. The summed E-state index contributed by atoms with van der Waals surface area (Å²) in [7, 11) is -3.57. The summed E-state index contributed by atoms with van der Waals surface area (Å²) in [5.74, 6) is 0.697. The number of aromatic nitrogens is 2. The summed E-state index contributed by atoms with van der Waals surface area (Å²) < 4.78 is 31.2. The molecule has 6 heteroatoms. The summed E-state index contributed by atoms with van der Waals surface area (Å²) in [5, 5.41) is 0. The van der Waals surface area contributed by atoms with Gasteiger partial charge in [0.1, 0.15) is 12.1 Å². The van der Waals surface area contributed by atoms with Crippen LogP contribution in [0, 0.1) is 13.8 Å². The summed E-state index contributed by atoms with van der Waals surface area (Å²) in [4.78, 5) is 4.16. The smallest absolute Gasteiger partial charge is 0.268 e. The van der Waals surface area contributed by atoms with E-state index in [9.17, 15) is 8.42 Å². The van der Waals surface area contributed by atoms with E-state index < -0.39 is 10.0 Å². The zero-order valence-electron chi connectivity index (χ0n) is 11.1. The lowest BCUT2D eigenvalue weighted by atomic mass is 10.2. The molecule has 0 unspecified atom stereocenters. The molecule has 0 spiro atoms. The molecule has 0 atom stereocenters. The second-order valence-electron chi connectivity index (χ2n) is 4.21. The number of hydrogen-bond donors (Lipinski definition) is 0. The largest absolute Gasteiger partial charge is 0.494 e. The first-order valence-electron chi connectivity index (χ1n) is 5.94. The predicted octanol–water partition coefficient (Wildman–Crippen LogP) is 2.14. The first-order chi connectivity index (χ1) is 8.95. The monoisotopic (exact) mass is 280 g/mol. The predicted molar refractivity (Wildman–Crippen MR) is 71.9 cm³/mol. The number of hydrogen-bond acceptors (Lipinski definition) is 4. The molecule has 102 valence electrons. The number of benzene rings is 1. The van der Waals surface area contributed by atoms with Crippen molar-refractivity contribution < 1.29 is 13.2 Å². The van der Waals surface area contributed by atoms with Crippen molar-refractivity contribution in [2.45, 2.75) is 25.7 Å². The maximum absolute atomic E-state index is 12.4. The lowest BCUT2D eigenvalue weighted by molar-refractivity contribution is 0.337. The molecule has 0 N–H and O–H groups in total. The van der Waals surface area contributed by atoms with Gasteiger partial charge in [-0.3, -0.25) is 0 Å². The van der Waals surface area contributed by atoms with Crippen LogP contribution in [0.2, 0.25) is 0 Å².